The molecule has 0 saturated heterocycles. The monoisotopic (exact) mass is 782 g/mol. The van der Waals surface area contributed by atoms with Crippen LogP contribution in [0.4, 0.5) is 17.1 Å². The highest BCUT2D eigenvalue weighted by Gasteiger charge is 2.44. The van der Waals surface area contributed by atoms with E-state index in [0.717, 1.165) is 53.4 Å². The van der Waals surface area contributed by atoms with Crippen LogP contribution in [-0.4, -0.2) is 60.8 Å². The van der Waals surface area contributed by atoms with Crippen molar-refractivity contribution in [2.24, 2.45) is 0 Å². The van der Waals surface area contributed by atoms with Crippen LogP contribution in [0.5, 0.6) is 0 Å². The van der Waals surface area contributed by atoms with Gasteiger partial charge in [0.05, 0.1) is 25.7 Å². The number of unbranched alkanes of at least 4 members (excludes halogenated alkanes) is 2. The fraction of sp³-hybridized carbons (Fsp3) is 0.386. The largest absolute Gasteiger partial charge is 0.748 e. The van der Waals surface area contributed by atoms with Crippen molar-refractivity contribution in [3.63, 3.8) is 0 Å². The molecule has 0 aromatic heterocycles. The van der Waals surface area contributed by atoms with Crippen LogP contribution in [0.1, 0.15) is 83.8 Å². The molecule has 11 heteroatoms. The minimum absolute atomic E-state index is 0.298. The fourth-order valence-electron chi connectivity index (χ4n) is 8.31. The third kappa shape index (κ3) is 9.40. The number of anilines is 2. The second kappa shape index (κ2) is 16.4. The minimum atomic E-state index is -4.27. The highest BCUT2D eigenvalue weighted by molar-refractivity contribution is 7.85. The van der Waals surface area contributed by atoms with Gasteiger partial charge in [0.25, 0.3) is 0 Å². The van der Waals surface area contributed by atoms with Crippen molar-refractivity contribution in [1.82, 2.24) is 0 Å². The van der Waals surface area contributed by atoms with Gasteiger partial charge >= 0.3 is 0 Å². The molecule has 0 saturated carbocycles. The van der Waals surface area contributed by atoms with Crippen LogP contribution in [0, 0.1) is 0 Å². The van der Waals surface area contributed by atoms with E-state index >= 15 is 0 Å². The summed E-state index contributed by atoms with van der Waals surface area (Å²) in [7, 11) is -8.54. The van der Waals surface area contributed by atoms with Crippen molar-refractivity contribution in [3.8, 4) is 0 Å². The SMILES string of the molecule is CC1(C)C(/C=C/C2=C(Nc3ccccc3)C(=C/C=C3/N(CCCCS(=O)(=O)[O-])c4ccccc4C3(C)C)/CCC2)=[N+](CCCCS(=O)(=O)[O-])c2ccccc21. The molecule has 6 rings (SSSR count). The van der Waals surface area contributed by atoms with Gasteiger partial charge < -0.3 is 19.3 Å². The summed E-state index contributed by atoms with van der Waals surface area (Å²) < 4.78 is 70.2. The molecule has 0 atom stereocenters. The van der Waals surface area contributed by atoms with Gasteiger partial charge in [0.1, 0.15) is 6.54 Å². The molecule has 0 bridgehead atoms. The second-order valence-electron chi connectivity index (χ2n) is 15.7. The van der Waals surface area contributed by atoms with Crippen molar-refractivity contribution < 1.29 is 30.5 Å². The zero-order valence-electron chi connectivity index (χ0n) is 32.3. The number of rotatable bonds is 15. The first kappa shape index (κ1) is 40.4. The third-order valence-corrected chi connectivity index (χ3v) is 12.7. The Kier molecular flexibility index (Phi) is 12.1. The molecular weight excluding hydrogens is 731 g/mol. The molecular formula is C44H52N3O6S2-. The minimum Gasteiger partial charge on any atom is -0.748 e. The van der Waals surface area contributed by atoms with E-state index in [1.165, 1.54) is 22.3 Å². The van der Waals surface area contributed by atoms with E-state index in [1.807, 2.05) is 30.3 Å². The maximum atomic E-state index is 11.3. The van der Waals surface area contributed by atoms with E-state index in [9.17, 15) is 25.9 Å². The second-order valence-corrected chi connectivity index (χ2v) is 18.8. The lowest BCUT2D eigenvalue weighted by Gasteiger charge is -2.28. The molecule has 55 heavy (non-hydrogen) atoms. The number of nitrogens with zero attached hydrogens (tertiary/aromatic N) is 2. The van der Waals surface area contributed by atoms with Gasteiger partial charge in [0.15, 0.2) is 5.71 Å². The van der Waals surface area contributed by atoms with Gasteiger partial charge in [-0.05, 0) is 93.4 Å². The molecule has 0 unspecified atom stereocenters. The Morgan fingerprint density at radius 3 is 2.07 bits per heavy atom. The van der Waals surface area contributed by atoms with Gasteiger partial charge in [-0.25, -0.2) is 16.8 Å². The Morgan fingerprint density at radius 2 is 1.36 bits per heavy atom. The number of benzene rings is 3. The fourth-order valence-corrected chi connectivity index (χ4v) is 9.42. The van der Waals surface area contributed by atoms with Crippen molar-refractivity contribution in [3.05, 3.63) is 137 Å². The Balaban J connectivity index is 1.39. The standard InChI is InChI=1S/C44H53N3O6S2/c1-43(2)36-21-8-10-23-38(36)46(29-12-14-31-54(48,49)50)40(43)27-25-33-17-16-18-34(42(33)45-35-19-6-5-7-20-35)26-28-41-44(3,4)37-22-9-11-24-39(37)47(41)30-13-15-32-55(51,52)53/h5-11,19-28H,12-18,29-32H2,1-4H3,(H2,48,49,50,51,52,53)/p-1/b33-25+,40-27+. The maximum Gasteiger partial charge on any atom is 0.209 e. The zero-order chi connectivity index (χ0) is 39.4. The number of fused-ring (bicyclic) bond motifs is 2. The van der Waals surface area contributed by atoms with Gasteiger partial charge in [-0.2, -0.15) is 4.58 Å². The van der Waals surface area contributed by atoms with Gasteiger partial charge in [0.2, 0.25) is 5.69 Å². The number of nitrogens with one attached hydrogen (secondary N) is 1. The smallest absolute Gasteiger partial charge is 0.209 e. The highest BCUT2D eigenvalue weighted by atomic mass is 32.2. The van der Waals surface area contributed by atoms with E-state index in [0.29, 0.717) is 38.8 Å². The predicted octanol–water partition coefficient (Wildman–Crippen LogP) is 8.43. The molecule has 1 aliphatic carbocycles. The van der Waals surface area contributed by atoms with Gasteiger partial charge in [-0.3, -0.25) is 0 Å². The average molecular weight is 783 g/mol. The summed E-state index contributed by atoms with van der Waals surface area (Å²) in [5, 5.41) is 3.76. The lowest BCUT2D eigenvalue weighted by molar-refractivity contribution is -0.438. The first-order valence-electron chi connectivity index (χ1n) is 19.2. The van der Waals surface area contributed by atoms with Crippen molar-refractivity contribution in [1.29, 1.82) is 0 Å². The average Bonchev–Trinajstić information content (AvgIpc) is 3.48. The summed E-state index contributed by atoms with van der Waals surface area (Å²) >= 11 is 0. The molecule has 292 valence electrons. The number of allylic oxidation sites excluding steroid dienone is 7. The molecule has 9 nitrogen and oxygen atoms in total. The van der Waals surface area contributed by atoms with Crippen LogP contribution in [0.15, 0.2) is 126 Å². The molecule has 0 amide bonds. The Hall–Kier alpha value is -4.29. The normalized spacial score (nSPS) is 19.5. The molecule has 2 aliphatic heterocycles. The molecule has 0 spiro atoms. The summed E-state index contributed by atoms with van der Waals surface area (Å²) in [5.74, 6) is -0.729. The number of hydrogen-bond donors (Lipinski definition) is 1. The van der Waals surface area contributed by atoms with E-state index < -0.39 is 20.2 Å². The quantitative estimate of drug-likeness (QED) is 0.0924. The highest BCUT2D eigenvalue weighted by Crippen LogP contribution is 2.48. The lowest BCUT2D eigenvalue weighted by Crippen LogP contribution is -2.28. The van der Waals surface area contributed by atoms with Crippen LogP contribution in [0.2, 0.25) is 0 Å². The maximum absolute atomic E-state index is 11.3. The number of hydrogen-bond acceptors (Lipinski definition) is 8. The Labute approximate surface area is 327 Å². The Bertz CT molecular complexity index is 2290. The molecule has 3 aliphatic rings. The molecule has 3 aromatic rings. The molecule has 1 N–H and O–H groups in total. The van der Waals surface area contributed by atoms with E-state index in [2.05, 4.69) is 115 Å². The van der Waals surface area contributed by atoms with Crippen LogP contribution in [-0.2, 0) is 31.1 Å². The van der Waals surface area contributed by atoms with Crippen LogP contribution in [0.25, 0.3) is 0 Å². The Morgan fingerprint density at radius 1 is 0.727 bits per heavy atom. The van der Waals surface area contributed by atoms with Gasteiger partial charge in [-0.1, -0.05) is 80.6 Å². The predicted molar refractivity (Wildman–Crippen MR) is 220 cm³/mol. The van der Waals surface area contributed by atoms with Crippen molar-refractivity contribution in [2.75, 3.05) is 34.8 Å². The summed E-state index contributed by atoms with van der Waals surface area (Å²) in [5.41, 5.74) is 10.7. The van der Waals surface area contributed by atoms with E-state index in [4.69, 9.17) is 0 Å². The summed E-state index contributed by atoms with van der Waals surface area (Å²) in [6.07, 6.45) is 13.4. The number of para-hydroxylation sites is 3. The summed E-state index contributed by atoms with van der Waals surface area (Å²) in [6.45, 7) is 10.1. The van der Waals surface area contributed by atoms with Crippen LogP contribution < -0.4 is 10.2 Å². The third-order valence-electron chi connectivity index (χ3n) is 11.1. The first-order valence-corrected chi connectivity index (χ1v) is 22.4. The van der Waals surface area contributed by atoms with Gasteiger partial charge in [0, 0.05) is 70.4 Å². The molecule has 3 aromatic carbocycles. The van der Waals surface area contributed by atoms with Crippen molar-refractivity contribution in [2.45, 2.75) is 83.5 Å². The topological polar surface area (TPSA) is 133 Å². The lowest BCUT2D eigenvalue weighted by atomic mass is 9.81. The van der Waals surface area contributed by atoms with Crippen LogP contribution in [0.3, 0.4) is 0 Å². The summed E-state index contributed by atoms with van der Waals surface area (Å²) in [4.78, 5) is 2.28. The van der Waals surface area contributed by atoms with Crippen LogP contribution >= 0.6 is 0 Å². The van der Waals surface area contributed by atoms with E-state index in [1.54, 1.807) is 0 Å². The first-order chi connectivity index (χ1) is 26.1. The summed E-state index contributed by atoms with van der Waals surface area (Å²) in [6, 6.07) is 26.8. The van der Waals surface area contributed by atoms with Crippen molar-refractivity contribution >= 4 is 43.0 Å². The van der Waals surface area contributed by atoms with Gasteiger partial charge in [-0.15, -0.1) is 0 Å². The molecule has 0 fully saturated rings. The molecule has 0 radical (unpaired) electrons. The molecule has 2 heterocycles. The van der Waals surface area contributed by atoms with E-state index in [-0.39, 0.29) is 22.3 Å². The zero-order valence-corrected chi connectivity index (χ0v) is 33.9.